The van der Waals surface area contributed by atoms with Crippen LogP contribution in [0.4, 0.5) is 10.5 Å². The highest BCUT2D eigenvalue weighted by atomic mass is 16.5. The van der Waals surface area contributed by atoms with E-state index in [1.807, 2.05) is 30.3 Å². The van der Waals surface area contributed by atoms with Gasteiger partial charge in [0.15, 0.2) is 11.5 Å². The fraction of sp³-hybridized carbons (Fsp3) is 0.185. The Morgan fingerprint density at radius 3 is 2.37 bits per heavy atom. The zero-order valence-electron chi connectivity index (χ0n) is 19.8. The van der Waals surface area contributed by atoms with Crippen LogP contribution in [0, 0.1) is 0 Å². The molecule has 3 amide bonds. The summed E-state index contributed by atoms with van der Waals surface area (Å²) in [6, 6.07) is 21.1. The zero-order chi connectivity index (χ0) is 24.8. The average molecular weight is 474 g/mol. The summed E-state index contributed by atoms with van der Waals surface area (Å²) in [6.07, 6.45) is 0. The van der Waals surface area contributed by atoms with Crippen molar-refractivity contribution in [1.82, 2.24) is 10.6 Å². The number of nitrogens with one attached hydrogen (secondary N) is 3. The molecule has 3 aromatic rings. The first-order chi connectivity index (χ1) is 17.0. The minimum absolute atomic E-state index is 0.340. The zero-order valence-corrected chi connectivity index (χ0v) is 19.8. The molecular formula is C27H27N3O5. The third-order valence-corrected chi connectivity index (χ3v) is 5.62. The highest BCUT2D eigenvalue weighted by molar-refractivity contribution is 6.06. The number of carbonyl (C=O) groups excluding carboxylic acids is 2. The van der Waals surface area contributed by atoms with Crippen molar-refractivity contribution >= 4 is 17.6 Å². The molecule has 0 bridgehead atoms. The molecule has 0 saturated heterocycles. The number of hydrogen-bond acceptors (Lipinski definition) is 5. The minimum atomic E-state index is -0.688. The Morgan fingerprint density at radius 2 is 1.69 bits per heavy atom. The third kappa shape index (κ3) is 5.55. The van der Waals surface area contributed by atoms with E-state index >= 15 is 0 Å². The molecule has 3 aromatic carbocycles. The fourth-order valence-electron chi connectivity index (χ4n) is 3.84. The van der Waals surface area contributed by atoms with Gasteiger partial charge in [0, 0.05) is 11.4 Å². The molecule has 8 heteroatoms. The predicted molar refractivity (Wildman–Crippen MR) is 133 cm³/mol. The first kappa shape index (κ1) is 23.7. The van der Waals surface area contributed by atoms with Crippen LogP contribution >= 0.6 is 0 Å². The first-order valence-electron chi connectivity index (χ1n) is 11.1. The van der Waals surface area contributed by atoms with Crippen LogP contribution in [-0.2, 0) is 11.4 Å². The van der Waals surface area contributed by atoms with E-state index in [4.69, 9.17) is 14.2 Å². The largest absolute Gasteiger partial charge is 0.497 e. The molecule has 35 heavy (non-hydrogen) atoms. The number of urea groups is 1. The smallest absolute Gasteiger partial charge is 0.319 e. The molecule has 0 aromatic heterocycles. The number of allylic oxidation sites excluding steroid dienone is 1. The molecule has 3 N–H and O–H groups in total. The van der Waals surface area contributed by atoms with Gasteiger partial charge >= 0.3 is 6.03 Å². The van der Waals surface area contributed by atoms with Crippen LogP contribution in [0.2, 0.25) is 0 Å². The summed E-state index contributed by atoms with van der Waals surface area (Å²) in [5.74, 6) is 1.40. The van der Waals surface area contributed by atoms with Gasteiger partial charge in [0.2, 0.25) is 0 Å². The number of amides is 3. The summed E-state index contributed by atoms with van der Waals surface area (Å²) in [4.78, 5) is 25.6. The standard InChI is InChI=1S/C27H27N3O5/c1-17-24(26(31)29-20-10-12-21(33-2)13-11-20)25(30-27(32)28-17)19-9-14-22(34-3)23(15-19)35-16-18-7-5-4-6-8-18/h4-15,25H,16H2,1-3H3,(H,29,31)(H2,28,30,32)/t25-/m0/s1. The number of benzene rings is 3. The van der Waals surface area contributed by atoms with E-state index in [0.717, 1.165) is 5.56 Å². The van der Waals surface area contributed by atoms with Crippen molar-refractivity contribution in [3.63, 3.8) is 0 Å². The second kappa shape index (κ2) is 10.6. The highest BCUT2D eigenvalue weighted by Crippen LogP contribution is 2.35. The lowest BCUT2D eigenvalue weighted by Gasteiger charge is -2.29. The molecule has 1 heterocycles. The molecule has 1 aliphatic heterocycles. The lowest BCUT2D eigenvalue weighted by atomic mass is 9.94. The number of anilines is 1. The van der Waals surface area contributed by atoms with Crippen LogP contribution in [0.5, 0.6) is 17.2 Å². The molecule has 0 aliphatic carbocycles. The van der Waals surface area contributed by atoms with Gasteiger partial charge in [-0.05, 0) is 54.4 Å². The number of carbonyl (C=O) groups is 2. The minimum Gasteiger partial charge on any atom is -0.497 e. The van der Waals surface area contributed by atoms with Gasteiger partial charge in [-0.2, -0.15) is 0 Å². The van der Waals surface area contributed by atoms with Gasteiger partial charge in [-0.1, -0.05) is 36.4 Å². The van der Waals surface area contributed by atoms with Crippen molar-refractivity contribution < 1.29 is 23.8 Å². The maximum absolute atomic E-state index is 13.3. The molecule has 0 saturated carbocycles. The normalized spacial score (nSPS) is 15.1. The van der Waals surface area contributed by atoms with E-state index in [2.05, 4.69) is 16.0 Å². The van der Waals surface area contributed by atoms with Gasteiger partial charge in [-0.15, -0.1) is 0 Å². The second-order valence-corrected chi connectivity index (χ2v) is 7.94. The van der Waals surface area contributed by atoms with E-state index in [0.29, 0.717) is 46.4 Å². The second-order valence-electron chi connectivity index (χ2n) is 7.94. The molecule has 180 valence electrons. The van der Waals surface area contributed by atoms with E-state index in [9.17, 15) is 9.59 Å². The molecule has 8 nitrogen and oxygen atoms in total. The quantitative estimate of drug-likeness (QED) is 0.446. The number of ether oxygens (including phenoxy) is 3. The topological polar surface area (TPSA) is 97.9 Å². The van der Waals surface area contributed by atoms with Gasteiger partial charge in [0.25, 0.3) is 5.91 Å². The Hall–Kier alpha value is -4.46. The fourth-order valence-corrected chi connectivity index (χ4v) is 3.84. The number of hydrogen-bond donors (Lipinski definition) is 3. The van der Waals surface area contributed by atoms with Gasteiger partial charge < -0.3 is 30.2 Å². The van der Waals surface area contributed by atoms with Crippen LogP contribution in [0.1, 0.15) is 24.1 Å². The summed E-state index contributed by atoms with van der Waals surface area (Å²) >= 11 is 0. The molecule has 0 spiro atoms. The van der Waals surface area contributed by atoms with Crippen LogP contribution < -0.4 is 30.2 Å². The molecule has 1 atom stereocenters. The Kier molecular flexibility index (Phi) is 7.21. The van der Waals surface area contributed by atoms with E-state index in [-0.39, 0.29) is 5.91 Å². The molecule has 0 unspecified atom stereocenters. The van der Waals surface area contributed by atoms with Crippen LogP contribution in [0.3, 0.4) is 0 Å². The van der Waals surface area contributed by atoms with E-state index < -0.39 is 12.1 Å². The number of rotatable bonds is 8. The lowest BCUT2D eigenvalue weighted by molar-refractivity contribution is -0.113. The van der Waals surface area contributed by atoms with Crippen molar-refractivity contribution in [3.05, 3.63) is 95.2 Å². The maximum Gasteiger partial charge on any atom is 0.319 e. The first-order valence-corrected chi connectivity index (χ1v) is 11.1. The van der Waals surface area contributed by atoms with Crippen molar-refractivity contribution in [1.29, 1.82) is 0 Å². The predicted octanol–water partition coefficient (Wildman–Crippen LogP) is 4.55. The SMILES string of the molecule is COc1ccc(NC(=O)C2=C(C)NC(=O)N[C@H]2c2ccc(OC)c(OCc3ccccc3)c2)cc1. The summed E-state index contributed by atoms with van der Waals surface area (Å²) in [5.41, 5.74) is 3.15. The molecular weight excluding hydrogens is 446 g/mol. The molecule has 4 rings (SSSR count). The summed E-state index contributed by atoms with van der Waals surface area (Å²) in [7, 11) is 3.14. The molecule has 0 fully saturated rings. The Balaban J connectivity index is 1.62. The molecule has 0 radical (unpaired) electrons. The summed E-state index contributed by atoms with van der Waals surface area (Å²) < 4.78 is 16.7. The van der Waals surface area contributed by atoms with Gasteiger partial charge in [-0.3, -0.25) is 4.79 Å². The van der Waals surface area contributed by atoms with Crippen molar-refractivity contribution in [2.45, 2.75) is 19.6 Å². The van der Waals surface area contributed by atoms with Crippen molar-refractivity contribution in [3.8, 4) is 17.2 Å². The van der Waals surface area contributed by atoms with Crippen molar-refractivity contribution in [2.24, 2.45) is 0 Å². The van der Waals surface area contributed by atoms with Crippen LogP contribution in [0.25, 0.3) is 0 Å². The average Bonchev–Trinajstić information content (AvgIpc) is 2.87. The lowest BCUT2D eigenvalue weighted by Crippen LogP contribution is -2.46. The van der Waals surface area contributed by atoms with Crippen LogP contribution in [0.15, 0.2) is 84.1 Å². The van der Waals surface area contributed by atoms with E-state index in [1.165, 1.54) is 0 Å². The van der Waals surface area contributed by atoms with Crippen molar-refractivity contribution in [2.75, 3.05) is 19.5 Å². The summed E-state index contributed by atoms with van der Waals surface area (Å²) in [6.45, 7) is 2.05. The molecule has 1 aliphatic rings. The Bertz CT molecular complexity index is 1240. The van der Waals surface area contributed by atoms with Gasteiger partial charge in [0.1, 0.15) is 12.4 Å². The van der Waals surface area contributed by atoms with Gasteiger partial charge in [0.05, 0.1) is 25.8 Å². The highest BCUT2D eigenvalue weighted by Gasteiger charge is 2.32. The van der Waals surface area contributed by atoms with E-state index in [1.54, 1.807) is 63.6 Å². The third-order valence-electron chi connectivity index (χ3n) is 5.62. The monoisotopic (exact) mass is 473 g/mol. The number of methoxy groups -OCH3 is 2. The maximum atomic E-state index is 13.3. The Morgan fingerprint density at radius 1 is 0.943 bits per heavy atom. The van der Waals surface area contributed by atoms with Gasteiger partial charge in [-0.25, -0.2) is 4.79 Å². The van der Waals surface area contributed by atoms with Crippen LogP contribution in [-0.4, -0.2) is 26.2 Å². The summed E-state index contributed by atoms with van der Waals surface area (Å²) in [5, 5.41) is 8.43. The Labute approximate surface area is 203 Å².